The highest BCUT2D eigenvalue weighted by Crippen LogP contribution is 2.32. The van der Waals surface area contributed by atoms with Crippen molar-refractivity contribution in [2.45, 2.75) is 6.04 Å². The van der Waals surface area contributed by atoms with E-state index in [1.807, 2.05) is 30.5 Å². The fourth-order valence-electron chi connectivity index (χ4n) is 3.17. The van der Waals surface area contributed by atoms with Gasteiger partial charge in [-0.25, -0.2) is 5.01 Å². The number of nitrogens with one attached hydrogen (secondary N) is 3. The molecule has 0 amide bonds. The van der Waals surface area contributed by atoms with Crippen molar-refractivity contribution in [1.82, 2.24) is 15.8 Å². The lowest BCUT2D eigenvalue weighted by molar-refractivity contribution is 0.321. The van der Waals surface area contributed by atoms with Crippen molar-refractivity contribution < 1.29 is 4.74 Å². The van der Waals surface area contributed by atoms with Gasteiger partial charge < -0.3 is 20.8 Å². The number of nitrogens with zero attached hydrogens (tertiary/aromatic N) is 1. The number of likely N-dealkylation sites (N-methyl/N-ethyl adjacent to an activating group) is 1. The fourth-order valence-corrected chi connectivity index (χ4v) is 3.17. The number of methoxy groups -OCH3 is 1. The molecule has 2 aliphatic heterocycles. The van der Waals surface area contributed by atoms with Gasteiger partial charge >= 0.3 is 0 Å². The summed E-state index contributed by atoms with van der Waals surface area (Å²) in [5.41, 5.74) is 9.39. The van der Waals surface area contributed by atoms with Crippen LogP contribution in [0.25, 0.3) is 0 Å². The summed E-state index contributed by atoms with van der Waals surface area (Å²) in [5, 5.41) is 9.04. The first-order chi connectivity index (χ1) is 11.2. The molecule has 4 rings (SSSR count). The molecule has 126 valence electrons. The van der Waals surface area contributed by atoms with Crippen LogP contribution in [-0.4, -0.2) is 31.8 Å². The molecule has 0 radical (unpaired) electrons. The van der Waals surface area contributed by atoms with E-state index < -0.39 is 0 Å². The van der Waals surface area contributed by atoms with Gasteiger partial charge in [0.2, 0.25) is 0 Å². The first-order valence-electron chi connectivity index (χ1n) is 7.72. The van der Waals surface area contributed by atoms with E-state index in [0.717, 1.165) is 23.7 Å². The van der Waals surface area contributed by atoms with Crippen LogP contribution in [0.4, 0.5) is 5.69 Å². The number of allylic oxidation sites excluding steroid dienone is 1. The van der Waals surface area contributed by atoms with E-state index in [-0.39, 0.29) is 18.4 Å². The predicted octanol–water partition coefficient (Wildman–Crippen LogP) is 2.54. The average Bonchev–Trinajstić information content (AvgIpc) is 2.96. The van der Waals surface area contributed by atoms with Gasteiger partial charge in [0, 0.05) is 30.5 Å². The van der Waals surface area contributed by atoms with Gasteiger partial charge in [-0.15, -0.1) is 12.4 Å². The molecule has 1 aromatic rings. The maximum atomic E-state index is 5.22. The Morgan fingerprint density at radius 3 is 2.75 bits per heavy atom. The van der Waals surface area contributed by atoms with Crippen LogP contribution in [0, 0.1) is 0 Å². The van der Waals surface area contributed by atoms with Crippen LogP contribution in [-0.2, 0) is 0 Å². The van der Waals surface area contributed by atoms with Crippen LogP contribution in [0.1, 0.15) is 0 Å². The summed E-state index contributed by atoms with van der Waals surface area (Å²) in [6, 6.07) is 8.17. The molecule has 5 nitrogen and oxygen atoms in total. The summed E-state index contributed by atoms with van der Waals surface area (Å²) in [7, 11) is 3.74. The van der Waals surface area contributed by atoms with Gasteiger partial charge in [0.25, 0.3) is 0 Å². The molecule has 0 saturated heterocycles. The summed E-state index contributed by atoms with van der Waals surface area (Å²) in [6.07, 6.45) is 8.50. The molecule has 0 aromatic heterocycles. The van der Waals surface area contributed by atoms with Crippen molar-refractivity contribution in [3.63, 3.8) is 0 Å². The number of hydrazine groups is 1. The monoisotopic (exact) mass is 344 g/mol. The number of anilines is 1. The lowest BCUT2D eigenvalue weighted by Crippen LogP contribution is -2.36. The molecule has 3 aliphatic rings. The predicted molar refractivity (Wildman–Crippen MR) is 98.9 cm³/mol. The second-order valence-corrected chi connectivity index (χ2v) is 5.89. The molecule has 6 heteroatoms. The summed E-state index contributed by atoms with van der Waals surface area (Å²) < 4.78 is 5.22. The highest BCUT2D eigenvalue weighted by Gasteiger charge is 2.30. The van der Waals surface area contributed by atoms with Crippen molar-refractivity contribution in [3.05, 3.63) is 71.2 Å². The SMILES string of the molecule is COc1ccc(NC2=C3C4=C(C=CC3NC=C2)CN(C)N4)cc1.Cl. The highest BCUT2D eigenvalue weighted by molar-refractivity contribution is 5.85. The van der Waals surface area contributed by atoms with Gasteiger partial charge in [-0.1, -0.05) is 12.2 Å². The van der Waals surface area contributed by atoms with Gasteiger partial charge in [0.15, 0.2) is 0 Å². The molecule has 1 aliphatic carbocycles. The normalized spacial score (nSPS) is 21.5. The molecule has 3 N–H and O–H groups in total. The van der Waals surface area contributed by atoms with Crippen molar-refractivity contribution >= 4 is 18.1 Å². The number of hydrogen-bond donors (Lipinski definition) is 3. The average molecular weight is 345 g/mol. The molecular formula is C18H21ClN4O. The number of hydrogen-bond acceptors (Lipinski definition) is 5. The van der Waals surface area contributed by atoms with Crippen LogP contribution < -0.4 is 20.8 Å². The third kappa shape index (κ3) is 2.88. The number of rotatable bonds is 3. The van der Waals surface area contributed by atoms with Crippen LogP contribution >= 0.6 is 12.4 Å². The van der Waals surface area contributed by atoms with Gasteiger partial charge in [0.05, 0.1) is 18.8 Å². The zero-order valence-corrected chi connectivity index (χ0v) is 14.5. The fraction of sp³-hybridized carbons (Fsp3) is 0.222. The summed E-state index contributed by atoms with van der Waals surface area (Å²) in [6.45, 7) is 0.918. The Kier molecular flexibility index (Phi) is 4.55. The Morgan fingerprint density at radius 1 is 1.21 bits per heavy atom. The zero-order chi connectivity index (χ0) is 15.8. The minimum Gasteiger partial charge on any atom is -0.497 e. The number of benzene rings is 1. The van der Waals surface area contributed by atoms with E-state index in [4.69, 9.17) is 4.74 Å². The van der Waals surface area contributed by atoms with Crippen LogP contribution in [0.3, 0.4) is 0 Å². The largest absolute Gasteiger partial charge is 0.497 e. The van der Waals surface area contributed by atoms with Crippen molar-refractivity contribution in [3.8, 4) is 5.75 Å². The molecule has 2 heterocycles. The van der Waals surface area contributed by atoms with Crippen LogP contribution in [0.5, 0.6) is 5.75 Å². The first-order valence-corrected chi connectivity index (χ1v) is 7.72. The molecule has 1 aromatic carbocycles. The summed E-state index contributed by atoms with van der Waals surface area (Å²) in [4.78, 5) is 0. The number of halogens is 1. The standard InChI is InChI=1S/C18H20N4O.ClH/c1-22-11-12-3-8-15-17(18(12)21-22)16(9-10-19-15)20-13-4-6-14(23-2)7-5-13;/h3-10,15,19-21H,11H2,1-2H3;1H. The van der Waals surface area contributed by atoms with Crippen molar-refractivity contribution in [1.29, 1.82) is 0 Å². The second-order valence-electron chi connectivity index (χ2n) is 5.89. The molecule has 24 heavy (non-hydrogen) atoms. The third-order valence-corrected chi connectivity index (χ3v) is 4.29. The molecule has 0 saturated carbocycles. The first kappa shape index (κ1) is 16.5. The Morgan fingerprint density at radius 2 is 2.00 bits per heavy atom. The van der Waals surface area contributed by atoms with Crippen LogP contribution in [0.15, 0.2) is 71.2 Å². The molecule has 0 fully saturated rings. The van der Waals surface area contributed by atoms with E-state index in [1.54, 1.807) is 7.11 Å². The van der Waals surface area contributed by atoms with E-state index >= 15 is 0 Å². The molecule has 1 atom stereocenters. The van der Waals surface area contributed by atoms with E-state index in [9.17, 15) is 0 Å². The summed E-state index contributed by atoms with van der Waals surface area (Å²) >= 11 is 0. The smallest absolute Gasteiger partial charge is 0.119 e. The van der Waals surface area contributed by atoms with Crippen molar-refractivity contribution in [2.24, 2.45) is 0 Å². The Bertz CT molecular complexity index is 749. The van der Waals surface area contributed by atoms with E-state index in [2.05, 4.69) is 46.3 Å². The maximum absolute atomic E-state index is 5.22. The van der Waals surface area contributed by atoms with Gasteiger partial charge in [-0.05, 0) is 42.1 Å². The Hall–Kier alpha value is -2.37. The van der Waals surface area contributed by atoms with Gasteiger partial charge in [-0.2, -0.15) is 0 Å². The Balaban J connectivity index is 0.00000169. The van der Waals surface area contributed by atoms with Crippen LogP contribution in [0.2, 0.25) is 0 Å². The molecule has 0 bridgehead atoms. The Labute approximate surface area is 148 Å². The molecular weight excluding hydrogens is 324 g/mol. The second kappa shape index (κ2) is 6.63. The lowest BCUT2D eigenvalue weighted by atomic mass is 9.91. The minimum absolute atomic E-state index is 0. The van der Waals surface area contributed by atoms with E-state index in [0.29, 0.717) is 0 Å². The third-order valence-electron chi connectivity index (χ3n) is 4.29. The summed E-state index contributed by atoms with van der Waals surface area (Å²) in [5.74, 6) is 0.858. The lowest BCUT2D eigenvalue weighted by Gasteiger charge is -2.29. The van der Waals surface area contributed by atoms with Crippen molar-refractivity contribution in [2.75, 3.05) is 26.0 Å². The zero-order valence-electron chi connectivity index (χ0n) is 13.7. The molecule has 0 spiro atoms. The van der Waals surface area contributed by atoms with Gasteiger partial charge in [-0.3, -0.25) is 0 Å². The number of fused-ring (bicyclic) bond motifs is 2. The maximum Gasteiger partial charge on any atom is 0.119 e. The quantitative estimate of drug-likeness (QED) is 0.786. The number of ether oxygens (including phenoxy) is 1. The van der Waals surface area contributed by atoms with Gasteiger partial charge in [0.1, 0.15) is 5.75 Å². The highest BCUT2D eigenvalue weighted by atomic mass is 35.5. The number of dihydropyridines is 1. The molecule has 1 unspecified atom stereocenters. The topological polar surface area (TPSA) is 48.6 Å². The van der Waals surface area contributed by atoms with E-state index in [1.165, 1.54) is 16.8 Å². The minimum atomic E-state index is 0.